The highest BCUT2D eigenvalue weighted by molar-refractivity contribution is 9.10. The lowest BCUT2D eigenvalue weighted by atomic mass is 10.0. The smallest absolute Gasteiger partial charge is 0.252 e. The molecule has 2 aromatic carbocycles. The number of hydrogen-bond acceptors (Lipinski definition) is 2. The lowest BCUT2D eigenvalue weighted by molar-refractivity contribution is 0.0697. The van der Waals surface area contributed by atoms with Crippen LogP contribution in [0.5, 0.6) is 0 Å². The summed E-state index contributed by atoms with van der Waals surface area (Å²) in [5.41, 5.74) is 0.732. The lowest BCUT2D eigenvalue weighted by Crippen LogP contribution is -2.38. The van der Waals surface area contributed by atoms with E-state index in [1.165, 1.54) is 0 Å². The first kappa shape index (κ1) is 13.6. The lowest BCUT2D eigenvalue weighted by Gasteiger charge is -2.23. The van der Waals surface area contributed by atoms with Crippen LogP contribution in [0, 0.1) is 0 Å². The van der Waals surface area contributed by atoms with E-state index in [9.17, 15) is 4.79 Å². The first-order chi connectivity index (χ1) is 9.75. The number of rotatable bonds is 2. The predicted octanol–water partition coefficient (Wildman–Crippen LogP) is 3.51. The van der Waals surface area contributed by atoms with Crippen LogP contribution in [0.2, 0.25) is 0 Å². The SMILES string of the molecule is O=C(NC1CCOCC1)c1cccc2c(Br)cccc12. The molecular formula is C16H16BrNO2. The Morgan fingerprint density at radius 3 is 2.60 bits per heavy atom. The Balaban J connectivity index is 1.89. The molecule has 3 nitrogen and oxygen atoms in total. The van der Waals surface area contributed by atoms with E-state index >= 15 is 0 Å². The Hall–Kier alpha value is -1.39. The van der Waals surface area contributed by atoms with E-state index in [1.54, 1.807) is 0 Å². The van der Waals surface area contributed by atoms with Gasteiger partial charge in [-0.2, -0.15) is 0 Å². The van der Waals surface area contributed by atoms with Crippen molar-refractivity contribution in [2.45, 2.75) is 18.9 Å². The van der Waals surface area contributed by atoms with Crippen molar-refractivity contribution in [1.82, 2.24) is 5.32 Å². The van der Waals surface area contributed by atoms with Gasteiger partial charge in [-0.15, -0.1) is 0 Å². The molecule has 1 N–H and O–H groups in total. The second-order valence-electron chi connectivity index (χ2n) is 5.00. The number of amides is 1. The minimum atomic E-state index is 0.000556. The van der Waals surface area contributed by atoms with E-state index in [-0.39, 0.29) is 11.9 Å². The standard InChI is InChI=1S/C16H16BrNO2/c17-15-6-2-3-12-13(15)4-1-5-14(12)16(19)18-11-7-9-20-10-8-11/h1-6,11H,7-10H2,(H,18,19). The van der Waals surface area contributed by atoms with Gasteiger partial charge in [0.2, 0.25) is 0 Å². The molecule has 3 rings (SSSR count). The van der Waals surface area contributed by atoms with Crippen molar-refractivity contribution in [2.24, 2.45) is 0 Å². The maximum atomic E-state index is 12.5. The number of hydrogen-bond donors (Lipinski definition) is 1. The Morgan fingerprint density at radius 1 is 1.10 bits per heavy atom. The molecular weight excluding hydrogens is 318 g/mol. The molecule has 0 saturated carbocycles. The van der Waals surface area contributed by atoms with E-state index in [2.05, 4.69) is 21.2 Å². The van der Waals surface area contributed by atoms with Gasteiger partial charge in [-0.05, 0) is 35.7 Å². The van der Waals surface area contributed by atoms with Crippen LogP contribution in [0.1, 0.15) is 23.2 Å². The molecule has 0 aromatic heterocycles. The highest BCUT2D eigenvalue weighted by atomic mass is 79.9. The first-order valence-corrected chi connectivity index (χ1v) is 7.61. The fraction of sp³-hybridized carbons (Fsp3) is 0.312. The first-order valence-electron chi connectivity index (χ1n) is 6.81. The van der Waals surface area contributed by atoms with Crippen LogP contribution in [0.4, 0.5) is 0 Å². The minimum absolute atomic E-state index is 0.000556. The van der Waals surface area contributed by atoms with Crippen LogP contribution in [0.3, 0.4) is 0 Å². The van der Waals surface area contributed by atoms with E-state index in [0.717, 1.165) is 46.9 Å². The van der Waals surface area contributed by atoms with Gasteiger partial charge in [0.05, 0.1) is 0 Å². The van der Waals surface area contributed by atoms with Crippen molar-refractivity contribution in [3.8, 4) is 0 Å². The molecule has 1 aliphatic rings. The summed E-state index contributed by atoms with van der Waals surface area (Å²) in [6.07, 6.45) is 1.78. The van der Waals surface area contributed by atoms with Crippen LogP contribution in [-0.4, -0.2) is 25.2 Å². The quantitative estimate of drug-likeness (QED) is 0.913. The van der Waals surface area contributed by atoms with Crippen LogP contribution < -0.4 is 5.32 Å². The molecule has 1 amide bonds. The third-order valence-electron chi connectivity index (χ3n) is 3.67. The molecule has 1 heterocycles. The summed E-state index contributed by atoms with van der Waals surface area (Å²) in [7, 11) is 0. The topological polar surface area (TPSA) is 38.3 Å². The number of carbonyl (C=O) groups excluding carboxylic acids is 1. The van der Waals surface area contributed by atoms with Crippen molar-refractivity contribution in [3.63, 3.8) is 0 Å². The van der Waals surface area contributed by atoms with Crippen LogP contribution in [-0.2, 0) is 4.74 Å². The van der Waals surface area contributed by atoms with Gasteiger partial charge in [0.25, 0.3) is 5.91 Å². The van der Waals surface area contributed by atoms with Gasteiger partial charge in [-0.1, -0.05) is 40.2 Å². The Bertz CT molecular complexity index is 635. The minimum Gasteiger partial charge on any atom is -0.381 e. The van der Waals surface area contributed by atoms with Gasteiger partial charge < -0.3 is 10.1 Å². The maximum Gasteiger partial charge on any atom is 0.252 e. The normalized spacial score (nSPS) is 16.2. The van der Waals surface area contributed by atoms with Crippen molar-refractivity contribution < 1.29 is 9.53 Å². The Morgan fingerprint density at radius 2 is 1.80 bits per heavy atom. The number of ether oxygens (including phenoxy) is 1. The third kappa shape index (κ3) is 2.72. The molecule has 0 spiro atoms. The average molecular weight is 334 g/mol. The van der Waals surface area contributed by atoms with E-state index in [0.29, 0.717) is 0 Å². The monoisotopic (exact) mass is 333 g/mol. The van der Waals surface area contributed by atoms with E-state index in [1.807, 2.05) is 36.4 Å². The molecule has 0 unspecified atom stereocenters. The third-order valence-corrected chi connectivity index (χ3v) is 4.36. The number of nitrogens with one attached hydrogen (secondary N) is 1. The fourth-order valence-corrected chi connectivity index (χ4v) is 3.07. The summed E-state index contributed by atoms with van der Waals surface area (Å²) < 4.78 is 6.33. The largest absolute Gasteiger partial charge is 0.381 e. The summed E-state index contributed by atoms with van der Waals surface area (Å²) in [6.45, 7) is 1.46. The zero-order valence-corrected chi connectivity index (χ0v) is 12.7. The Kier molecular flexibility index (Phi) is 4.03. The van der Waals surface area contributed by atoms with Crippen LogP contribution >= 0.6 is 15.9 Å². The molecule has 1 aliphatic heterocycles. The molecule has 1 fully saturated rings. The van der Waals surface area contributed by atoms with Crippen molar-refractivity contribution in [1.29, 1.82) is 0 Å². The van der Waals surface area contributed by atoms with Crippen LogP contribution in [0.25, 0.3) is 10.8 Å². The van der Waals surface area contributed by atoms with Gasteiger partial charge in [-0.25, -0.2) is 0 Å². The average Bonchev–Trinajstić information content (AvgIpc) is 2.48. The highest BCUT2D eigenvalue weighted by Gasteiger charge is 2.18. The second-order valence-corrected chi connectivity index (χ2v) is 5.85. The summed E-state index contributed by atoms with van der Waals surface area (Å²) >= 11 is 3.53. The molecule has 0 atom stereocenters. The molecule has 1 saturated heterocycles. The summed E-state index contributed by atoms with van der Waals surface area (Å²) in [4.78, 5) is 12.5. The molecule has 0 aliphatic carbocycles. The zero-order chi connectivity index (χ0) is 13.9. The molecule has 104 valence electrons. The van der Waals surface area contributed by atoms with E-state index < -0.39 is 0 Å². The number of carbonyl (C=O) groups is 1. The molecule has 4 heteroatoms. The molecule has 0 radical (unpaired) electrons. The molecule has 2 aromatic rings. The van der Waals surface area contributed by atoms with Gasteiger partial charge in [0, 0.05) is 29.3 Å². The number of benzene rings is 2. The van der Waals surface area contributed by atoms with Gasteiger partial charge >= 0.3 is 0 Å². The van der Waals surface area contributed by atoms with E-state index in [4.69, 9.17) is 4.74 Å². The second kappa shape index (κ2) is 5.94. The predicted molar refractivity (Wildman–Crippen MR) is 83.0 cm³/mol. The maximum absolute atomic E-state index is 12.5. The zero-order valence-electron chi connectivity index (χ0n) is 11.1. The summed E-state index contributed by atoms with van der Waals surface area (Å²) in [5.74, 6) is 0.000556. The van der Waals surface area contributed by atoms with Crippen molar-refractivity contribution in [2.75, 3.05) is 13.2 Å². The van der Waals surface area contributed by atoms with Crippen molar-refractivity contribution in [3.05, 3.63) is 46.4 Å². The fourth-order valence-electron chi connectivity index (χ4n) is 2.57. The van der Waals surface area contributed by atoms with Crippen molar-refractivity contribution >= 4 is 32.6 Å². The Labute approximate surface area is 126 Å². The summed E-state index contributed by atoms with van der Waals surface area (Å²) in [6, 6.07) is 12.0. The number of halogens is 1. The van der Waals surface area contributed by atoms with Gasteiger partial charge in [0.1, 0.15) is 0 Å². The van der Waals surface area contributed by atoms with Crippen LogP contribution in [0.15, 0.2) is 40.9 Å². The van der Waals surface area contributed by atoms with Gasteiger partial charge in [0.15, 0.2) is 0 Å². The molecule has 0 bridgehead atoms. The highest BCUT2D eigenvalue weighted by Crippen LogP contribution is 2.26. The van der Waals surface area contributed by atoms with Gasteiger partial charge in [-0.3, -0.25) is 4.79 Å². The number of fused-ring (bicyclic) bond motifs is 1. The molecule has 20 heavy (non-hydrogen) atoms. The summed E-state index contributed by atoms with van der Waals surface area (Å²) in [5, 5.41) is 5.15.